The van der Waals surface area contributed by atoms with E-state index in [9.17, 15) is 14.7 Å². The van der Waals surface area contributed by atoms with Gasteiger partial charge in [0.05, 0.1) is 11.6 Å². The van der Waals surface area contributed by atoms with E-state index >= 15 is 0 Å². The highest BCUT2D eigenvalue weighted by Crippen LogP contribution is 2.44. The molecule has 0 saturated carbocycles. The van der Waals surface area contributed by atoms with Gasteiger partial charge in [-0.05, 0) is 72.6 Å². The molecule has 0 aliphatic carbocycles. The molecule has 0 aromatic heterocycles. The number of benzene rings is 4. The van der Waals surface area contributed by atoms with E-state index in [4.69, 9.17) is 14.2 Å². The molecule has 188 valence electrons. The highest BCUT2D eigenvalue weighted by Gasteiger charge is 2.47. The molecule has 2 heterocycles. The van der Waals surface area contributed by atoms with Gasteiger partial charge < -0.3 is 19.3 Å². The van der Waals surface area contributed by atoms with Crippen molar-refractivity contribution >= 4 is 23.1 Å². The van der Waals surface area contributed by atoms with E-state index in [1.54, 1.807) is 42.5 Å². The molecule has 1 atom stereocenters. The van der Waals surface area contributed by atoms with Gasteiger partial charge in [0.15, 0.2) is 11.5 Å². The fourth-order valence-electron chi connectivity index (χ4n) is 4.76. The van der Waals surface area contributed by atoms with Crippen LogP contribution in [0.1, 0.15) is 22.7 Å². The molecule has 1 N–H and O–H groups in total. The van der Waals surface area contributed by atoms with Gasteiger partial charge in [-0.3, -0.25) is 14.5 Å². The molecule has 1 saturated heterocycles. The first-order valence-electron chi connectivity index (χ1n) is 12.1. The summed E-state index contributed by atoms with van der Waals surface area (Å²) in [6, 6.07) is 27.9. The standard InChI is InChI=1S/C31H23NO6/c1-19-7-5-9-22(15-19)32-28(20-8-6-12-24(16-20)38-23-10-3-2-4-11-23)27(30(34)31(32)35)29(33)21-13-14-25-26(17-21)37-18-36-25/h2-17,28,33H,18H2,1H3/b29-27-. The summed E-state index contributed by atoms with van der Waals surface area (Å²) in [5.41, 5.74) is 2.42. The van der Waals surface area contributed by atoms with Crippen molar-refractivity contribution in [3.05, 3.63) is 119 Å². The van der Waals surface area contributed by atoms with Crippen molar-refractivity contribution in [2.45, 2.75) is 13.0 Å². The predicted octanol–water partition coefficient (Wildman–Crippen LogP) is 6.14. The van der Waals surface area contributed by atoms with Crippen molar-refractivity contribution in [3.63, 3.8) is 0 Å². The zero-order valence-corrected chi connectivity index (χ0v) is 20.5. The number of ether oxygens (including phenoxy) is 3. The molecule has 1 amide bonds. The Morgan fingerprint density at radius 2 is 1.61 bits per heavy atom. The third-order valence-electron chi connectivity index (χ3n) is 6.52. The van der Waals surface area contributed by atoms with Crippen molar-refractivity contribution in [1.29, 1.82) is 0 Å². The van der Waals surface area contributed by atoms with Gasteiger partial charge in [-0.2, -0.15) is 0 Å². The minimum Gasteiger partial charge on any atom is -0.507 e. The maximum absolute atomic E-state index is 13.5. The fourth-order valence-corrected chi connectivity index (χ4v) is 4.76. The van der Waals surface area contributed by atoms with E-state index in [1.165, 1.54) is 4.90 Å². The Morgan fingerprint density at radius 1 is 0.842 bits per heavy atom. The summed E-state index contributed by atoms with van der Waals surface area (Å²) in [7, 11) is 0. The highest BCUT2D eigenvalue weighted by atomic mass is 16.7. The molecule has 38 heavy (non-hydrogen) atoms. The smallest absolute Gasteiger partial charge is 0.300 e. The van der Waals surface area contributed by atoms with Gasteiger partial charge in [-0.25, -0.2) is 0 Å². The van der Waals surface area contributed by atoms with E-state index in [0.29, 0.717) is 39.8 Å². The molecule has 2 aliphatic rings. The number of aliphatic hydroxyl groups is 1. The number of aliphatic hydroxyl groups excluding tert-OH is 1. The number of anilines is 1. The van der Waals surface area contributed by atoms with Crippen LogP contribution in [0.5, 0.6) is 23.0 Å². The topological polar surface area (TPSA) is 85.3 Å². The zero-order valence-electron chi connectivity index (χ0n) is 20.5. The number of hydrogen-bond acceptors (Lipinski definition) is 6. The number of amides is 1. The van der Waals surface area contributed by atoms with Gasteiger partial charge in [0.1, 0.15) is 17.3 Å². The van der Waals surface area contributed by atoms with Gasteiger partial charge in [0, 0.05) is 11.3 Å². The SMILES string of the molecule is Cc1cccc(N2C(=O)C(=O)/C(=C(\O)c3ccc4c(c3)OCO4)C2c2cccc(Oc3ccccc3)c2)c1. The predicted molar refractivity (Wildman–Crippen MR) is 141 cm³/mol. The maximum Gasteiger partial charge on any atom is 0.300 e. The van der Waals surface area contributed by atoms with Crippen LogP contribution in [0.2, 0.25) is 0 Å². The van der Waals surface area contributed by atoms with Crippen molar-refractivity contribution in [2.75, 3.05) is 11.7 Å². The molecule has 2 aliphatic heterocycles. The van der Waals surface area contributed by atoms with Crippen LogP contribution < -0.4 is 19.1 Å². The summed E-state index contributed by atoms with van der Waals surface area (Å²) in [5.74, 6) is 0.389. The molecule has 4 aromatic carbocycles. The number of rotatable bonds is 5. The normalized spacial score (nSPS) is 17.6. The first kappa shape index (κ1) is 23.4. The number of aryl methyl sites for hydroxylation is 1. The number of fused-ring (bicyclic) bond motifs is 1. The van der Waals surface area contributed by atoms with Crippen LogP contribution in [0.3, 0.4) is 0 Å². The van der Waals surface area contributed by atoms with Crippen LogP contribution in [-0.4, -0.2) is 23.6 Å². The van der Waals surface area contributed by atoms with Gasteiger partial charge in [-0.1, -0.05) is 42.5 Å². The lowest BCUT2D eigenvalue weighted by Crippen LogP contribution is -2.29. The minimum absolute atomic E-state index is 0.0211. The number of carbonyl (C=O) groups excluding carboxylic acids is 2. The summed E-state index contributed by atoms with van der Waals surface area (Å²) in [6.07, 6.45) is 0. The monoisotopic (exact) mass is 505 g/mol. The summed E-state index contributed by atoms with van der Waals surface area (Å²) in [5, 5.41) is 11.4. The second-order valence-corrected chi connectivity index (χ2v) is 9.06. The minimum atomic E-state index is -0.887. The molecule has 0 radical (unpaired) electrons. The van der Waals surface area contributed by atoms with E-state index in [0.717, 1.165) is 5.56 Å². The van der Waals surface area contributed by atoms with Crippen molar-refractivity contribution < 1.29 is 28.9 Å². The second kappa shape index (κ2) is 9.44. The van der Waals surface area contributed by atoms with E-state index < -0.39 is 17.7 Å². The number of para-hydroxylation sites is 1. The molecular weight excluding hydrogens is 482 g/mol. The lowest BCUT2D eigenvalue weighted by Gasteiger charge is -2.26. The van der Waals surface area contributed by atoms with E-state index in [1.807, 2.05) is 61.5 Å². The third kappa shape index (κ3) is 4.14. The molecule has 6 rings (SSSR count). The first-order valence-corrected chi connectivity index (χ1v) is 12.1. The van der Waals surface area contributed by atoms with Crippen LogP contribution in [0.4, 0.5) is 5.69 Å². The molecular formula is C31H23NO6. The number of carbonyl (C=O) groups is 2. The quantitative estimate of drug-likeness (QED) is 0.199. The van der Waals surface area contributed by atoms with E-state index in [-0.39, 0.29) is 18.1 Å². The molecule has 0 bridgehead atoms. The number of nitrogens with zero attached hydrogens (tertiary/aromatic N) is 1. The van der Waals surface area contributed by atoms with Gasteiger partial charge in [0.2, 0.25) is 6.79 Å². The largest absolute Gasteiger partial charge is 0.507 e. The molecule has 4 aromatic rings. The number of ketones is 1. The second-order valence-electron chi connectivity index (χ2n) is 9.06. The summed E-state index contributed by atoms with van der Waals surface area (Å²) < 4.78 is 16.9. The summed E-state index contributed by atoms with van der Waals surface area (Å²) in [4.78, 5) is 28.4. The Kier molecular flexibility index (Phi) is 5.81. The summed E-state index contributed by atoms with van der Waals surface area (Å²) in [6.45, 7) is 1.99. The van der Waals surface area contributed by atoms with Crippen LogP contribution >= 0.6 is 0 Å². The van der Waals surface area contributed by atoms with E-state index in [2.05, 4.69) is 0 Å². The van der Waals surface area contributed by atoms with Gasteiger partial charge in [0.25, 0.3) is 11.7 Å². The Morgan fingerprint density at radius 3 is 2.42 bits per heavy atom. The molecule has 1 fully saturated rings. The third-order valence-corrected chi connectivity index (χ3v) is 6.52. The molecule has 7 heteroatoms. The summed E-state index contributed by atoms with van der Waals surface area (Å²) >= 11 is 0. The average Bonchev–Trinajstić information content (AvgIpc) is 3.51. The lowest BCUT2D eigenvalue weighted by molar-refractivity contribution is -0.132. The Balaban J connectivity index is 1.50. The van der Waals surface area contributed by atoms with Crippen LogP contribution in [0.25, 0.3) is 5.76 Å². The van der Waals surface area contributed by atoms with Gasteiger partial charge in [-0.15, -0.1) is 0 Å². The number of Topliss-reactive ketones (excluding diaryl/α,β-unsaturated/α-hetero) is 1. The first-order chi connectivity index (χ1) is 18.5. The maximum atomic E-state index is 13.5. The van der Waals surface area contributed by atoms with Crippen molar-refractivity contribution in [3.8, 4) is 23.0 Å². The molecule has 0 spiro atoms. The lowest BCUT2D eigenvalue weighted by atomic mass is 9.94. The average molecular weight is 506 g/mol. The Hall–Kier alpha value is -5.04. The van der Waals surface area contributed by atoms with Gasteiger partial charge >= 0.3 is 0 Å². The Labute approximate surface area is 219 Å². The Bertz CT molecular complexity index is 1590. The van der Waals surface area contributed by atoms with Crippen molar-refractivity contribution in [1.82, 2.24) is 0 Å². The highest BCUT2D eigenvalue weighted by molar-refractivity contribution is 6.51. The van der Waals surface area contributed by atoms with Crippen LogP contribution in [-0.2, 0) is 9.59 Å². The molecule has 1 unspecified atom stereocenters. The fraction of sp³-hybridized carbons (Fsp3) is 0.0968. The molecule has 7 nitrogen and oxygen atoms in total. The van der Waals surface area contributed by atoms with Crippen molar-refractivity contribution in [2.24, 2.45) is 0 Å². The zero-order chi connectivity index (χ0) is 26.2. The van der Waals surface area contributed by atoms with Crippen LogP contribution in [0, 0.1) is 6.92 Å². The number of hydrogen-bond donors (Lipinski definition) is 1. The van der Waals surface area contributed by atoms with Crippen LogP contribution in [0.15, 0.2) is 103 Å².